The zero-order valence-corrected chi connectivity index (χ0v) is 18.0. The Morgan fingerprint density at radius 3 is 2.52 bits per heavy atom. The number of methoxy groups -OCH3 is 1. The van der Waals surface area contributed by atoms with Crippen molar-refractivity contribution in [1.29, 1.82) is 0 Å². The number of rotatable bonds is 5. The average molecular weight is 426 g/mol. The Kier molecular flexibility index (Phi) is 5.47. The highest BCUT2D eigenvalue weighted by Crippen LogP contribution is 2.32. The van der Waals surface area contributed by atoms with Gasteiger partial charge in [0.25, 0.3) is 5.91 Å². The fraction of sp³-hybridized carbons (Fsp3) is 0.435. The zero-order chi connectivity index (χ0) is 22.2. The van der Waals surface area contributed by atoms with Gasteiger partial charge in [-0.1, -0.05) is 12.1 Å². The van der Waals surface area contributed by atoms with Crippen LogP contribution in [0.3, 0.4) is 0 Å². The van der Waals surface area contributed by atoms with Crippen LogP contribution in [0, 0.1) is 6.92 Å². The smallest absolute Gasteiger partial charge is 0.410 e. The summed E-state index contributed by atoms with van der Waals surface area (Å²) < 4.78 is 16.1. The monoisotopic (exact) mass is 426 g/mol. The first-order chi connectivity index (χ1) is 14.8. The third kappa shape index (κ3) is 4.15. The lowest BCUT2D eigenvalue weighted by Gasteiger charge is -2.22. The number of likely N-dealkylation sites (tertiary alicyclic amines) is 1. The van der Waals surface area contributed by atoms with Gasteiger partial charge in [0, 0.05) is 26.4 Å². The van der Waals surface area contributed by atoms with Crippen LogP contribution in [0.15, 0.2) is 39.5 Å². The average Bonchev–Trinajstić information content (AvgIpc) is 3.27. The Hall–Kier alpha value is -3.29. The molecule has 0 saturated carbocycles. The number of aryl methyl sites for hydroxylation is 3. The molecule has 2 aromatic rings. The lowest BCUT2D eigenvalue weighted by Crippen LogP contribution is -2.40. The van der Waals surface area contributed by atoms with Gasteiger partial charge in [-0.05, 0) is 42.7 Å². The van der Waals surface area contributed by atoms with E-state index >= 15 is 0 Å². The van der Waals surface area contributed by atoms with Crippen LogP contribution in [0.25, 0.3) is 0 Å². The van der Waals surface area contributed by atoms with Gasteiger partial charge in [-0.25, -0.2) is 9.59 Å². The summed E-state index contributed by atoms with van der Waals surface area (Å²) in [6.45, 7) is 2.89. The maximum atomic E-state index is 13.0. The highest BCUT2D eigenvalue weighted by Gasteiger charge is 2.50. The van der Waals surface area contributed by atoms with Crippen molar-refractivity contribution in [2.24, 2.45) is 0 Å². The van der Waals surface area contributed by atoms with Crippen LogP contribution in [-0.4, -0.2) is 61.2 Å². The van der Waals surface area contributed by atoms with E-state index in [0.29, 0.717) is 43.7 Å². The molecule has 0 bridgehead atoms. The third-order valence-corrected chi connectivity index (χ3v) is 5.98. The first kappa shape index (κ1) is 21.0. The summed E-state index contributed by atoms with van der Waals surface area (Å²) >= 11 is 0. The predicted octanol–water partition coefficient (Wildman–Crippen LogP) is 2.41. The fourth-order valence-electron chi connectivity index (χ4n) is 4.29. The Morgan fingerprint density at radius 2 is 1.90 bits per heavy atom. The van der Waals surface area contributed by atoms with Gasteiger partial charge in [0.1, 0.15) is 17.1 Å². The van der Waals surface area contributed by atoms with Crippen molar-refractivity contribution in [3.05, 3.63) is 63.2 Å². The number of carbonyl (C=O) groups excluding carboxylic acids is 2. The molecule has 1 aromatic heterocycles. The number of hydrogen-bond donors (Lipinski definition) is 0. The predicted molar refractivity (Wildman–Crippen MR) is 112 cm³/mol. The van der Waals surface area contributed by atoms with E-state index in [1.54, 1.807) is 32.0 Å². The molecule has 1 atom stereocenters. The molecule has 4 rings (SSSR count). The summed E-state index contributed by atoms with van der Waals surface area (Å²) in [5.41, 5.74) is 0.416. The molecule has 0 N–H and O–H groups in total. The molecule has 2 amide bonds. The molecular formula is C23H26N2O6. The summed E-state index contributed by atoms with van der Waals surface area (Å²) in [6, 6.07) is 9.48. The van der Waals surface area contributed by atoms with Gasteiger partial charge < -0.3 is 23.7 Å². The second-order valence-electron chi connectivity index (χ2n) is 8.29. The van der Waals surface area contributed by atoms with E-state index in [2.05, 4.69) is 0 Å². The van der Waals surface area contributed by atoms with Crippen LogP contribution in [0.1, 0.15) is 33.7 Å². The van der Waals surface area contributed by atoms with Crippen LogP contribution in [-0.2, 0) is 17.6 Å². The molecule has 0 aliphatic carbocycles. The van der Waals surface area contributed by atoms with Crippen molar-refractivity contribution in [3.63, 3.8) is 0 Å². The minimum atomic E-state index is -0.687. The van der Waals surface area contributed by atoms with Crippen molar-refractivity contribution in [2.75, 3.05) is 33.8 Å². The molecule has 1 aromatic carbocycles. The molecule has 2 fully saturated rings. The topological polar surface area (TPSA) is 89.3 Å². The van der Waals surface area contributed by atoms with E-state index in [4.69, 9.17) is 13.9 Å². The normalized spacial score (nSPS) is 20.4. The van der Waals surface area contributed by atoms with Crippen molar-refractivity contribution in [3.8, 4) is 5.75 Å². The van der Waals surface area contributed by atoms with E-state index in [-0.39, 0.29) is 24.1 Å². The summed E-state index contributed by atoms with van der Waals surface area (Å²) in [6.07, 6.45) is 1.42. The highest BCUT2D eigenvalue weighted by molar-refractivity contribution is 5.95. The lowest BCUT2D eigenvalue weighted by molar-refractivity contribution is 0.0550. The second-order valence-corrected chi connectivity index (χ2v) is 8.29. The Morgan fingerprint density at radius 1 is 1.16 bits per heavy atom. The molecule has 2 aliphatic rings. The molecule has 0 radical (unpaired) electrons. The third-order valence-electron chi connectivity index (χ3n) is 5.98. The number of hydrogen-bond acceptors (Lipinski definition) is 6. The Bertz CT molecular complexity index is 1060. The number of ether oxygens (including phenoxy) is 2. The zero-order valence-electron chi connectivity index (χ0n) is 18.0. The number of nitrogens with zero attached hydrogens (tertiary/aromatic N) is 2. The van der Waals surface area contributed by atoms with Gasteiger partial charge in [0.2, 0.25) is 0 Å². The van der Waals surface area contributed by atoms with E-state index in [1.165, 1.54) is 4.90 Å². The molecule has 3 heterocycles. The maximum Gasteiger partial charge on any atom is 0.410 e. The molecule has 164 valence electrons. The van der Waals surface area contributed by atoms with Gasteiger partial charge >= 0.3 is 11.7 Å². The van der Waals surface area contributed by atoms with Gasteiger partial charge in [0.15, 0.2) is 5.60 Å². The van der Waals surface area contributed by atoms with E-state index in [1.807, 2.05) is 24.3 Å². The van der Waals surface area contributed by atoms with E-state index in [0.717, 1.165) is 11.3 Å². The number of likely N-dealkylation sites (N-methyl/N-ethyl adjacent to an activating group) is 1. The molecule has 1 spiro atoms. The highest BCUT2D eigenvalue weighted by atomic mass is 16.6. The minimum absolute atomic E-state index is 0.0444. The summed E-state index contributed by atoms with van der Waals surface area (Å²) in [5, 5.41) is 0. The second kappa shape index (κ2) is 8.09. The molecule has 2 aliphatic heterocycles. The van der Waals surface area contributed by atoms with Gasteiger partial charge in [-0.15, -0.1) is 0 Å². The van der Waals surface area contributed by atoms with Crippen LogP contribution < -0.4 is 10.4 Å². The standard InChI is InChI=1S/C23H26N2O6/c1-15-12-18(9-6-16-4-7-17(29-3)8-5-16)30-21(27)19(15)20(26)25-11-10-23(14-25)13-24(2)22(28)31-23/h4-5,7-8,12H,6,9-11,13-14H2,1-3H3. The first-order valence-corrected chi connectivity index (χ1v) is 10.3. The van der Waals surface area contributed by atoms with Gasteiger partial charge in [-0.3, -0.25) is 4.79 Å². The Balaban J connectivity index is 1.45. The Labute approximate surface area is 180 Å². The number of carbonyl (C=O) groups is 2. The van der Waals surface area contributed by atoms with Crippen LogP contribution in [0.4, 0.5) is 4.79 Å². The quantitative estimate of drug-likeness (QED) is 0.730. The van der Waals surface area contributed by atoms with Crippen LogP contribution >= 0.6 is 0 Å². The van der Waals surface area contributed by atoms with Crippen molar-refractivity contribution in [1.82, 2.24) is 9.80 Å². The van der Waals surface area contributed by atoms with Crippen molar-refractivity contribution >= 4 is 12.0 Å². The molecule has 8 nitrogen and oxygen atoms in total. The van der Waals surface area contributed by atoms with Gasteiger partial charge in [0.05, 0.1) is 20.2 Å². The van der Waals surface area contributed by atoms with Crippen molar-refractivity contribution in [2.45, 2.75) is 31.8 Å². The molecule has 1 unspecified atom stereocenters. The molecule has 31 heavy (non-hydrogen) atoms. The first-order valence-electron chi connectivity index (χ1n) is 10.3. The molecule has 2 saturated heterocycles. The van der Waals surface area contributed by atoms with E-state index < -0.39 is 11.2 Å². The van der Waals surface area contributed by atoms with E-state index in [9.17, 15) is 14.4 Å². The SMILES string of the molecule is COc1ccc(CCc2cc(C)c(C(=O)N3CCC4(CN(C)C(=O)O4)C3)c(=O)o2)cc1. The number of benzene rings is 1. The molecular weight excluding hydrogens is 400 g/mol. The number of amides is 2. The maximum absolute atomic E-state index is 13.0. The summed E-state index contributed by atoms with van der Waals surface area (Å²) in [5.74, 6) is 0.950. The van der Waals surface area contributed by atoms with Crippen LogP contribution in [0.5, 0.6) is 5.75 Å². The lowest BCUT2D eigenvalue weighted by atomic mass is 10.0. The summed E-state index contributed by atoms with van der Waals surface area (Å²) in [7, 11) is 3.29. The minimum Gasteiger partial charge on any atom is -0.497 e. The largest absolute Gasteiger partial charge is 0.497 e. The molecule has 8 heteroatoms. The van der Waals surface area contributed by atoms with Gasteiger partial charge in [-0.2, -0.15) is 0 Å². The summed E-state index contributed by atoms with van der Waals surface area (Å²) in [4.78, 5) is 40.5. The van der Waals surface area contributed by atoms with Crippen LogP contribution in [0.2, 0.25) is 0 Å². The fourth-order valence-corrected chi connectivity index (χ4v) is 4.29. The van der Waals surface area contributed by atoms with Crippen molar-refractivity contribution < 1.29 is 23.5 Å².